The molecule has 0 aliphatic carbocycles. The summed E-state index contributed by atoms with van der Waals surface area (Å²) >= 11 is 1.94. The summed E-state index contributed by atoms with van der Waals surface area (Å²) < 4.78 is 16.4. The number of hydrogen-bond donors (Lipinski definition) is 0. The van der Waals surface area contributed by atoms with Gasteiger partial charge in [0.05, 0.1) is 26.4 Å². The van der Waals surface area contributed by atoms with Gasteiger partial charge in [-0.2, -0.15) is 11.8 Å². The number of carbonyl (C=O) groups is 1. The molecule has 2 aliphatic heterocycles. The molecule has 2 aliphatic rings. The van der Waals surface area contributed by atoms with E-state index in [1.165, 1.54) is 0 Å². The molecule has 26 heavy (non-hydrogen) atoms. The van der Waals surface area contributed by atoms with Gasteiger partial charge < -0.3 is 19.1 Å². The quantitative estimate of drug-likeness (QED) is 0.749. The molecule has 144 valence electrons. The van der Waals surface area contributed by atoms with Crippen LogP contribution < -0.4 is 9.47 Å². The van der Waals surface area contributed by atoms with Gasteiger partial charge in [-0.1, -0.05) is 6.07 Å². The molecule has 0 bridgehead atoms. The molecule has 3 rings (SSSR count). The summed E-state index contributed by atoms with van der Waals surface area (Å²) in [6, 6.07) is 7.61. The Hall–Kier alpha value is -1.44. The molecule has 1 amide bonds. The maximum absolute atomic E-state index is 12.8. The standard InChI is InChI=1S/C19H28N2O4S/c1-23-17-4-2-5-18(12-17)25-14-19(22)21-6-3-11-26-15-16(21)13-20-7-9-24-10-8-20/h2,4-5,12,16H,3,6-11,13-15H2,1H3/t16-/m1/s1. The SMILES string of the molecule is COc1cccc(OCC(=O)N2CCCSC[C@H]2CN2CCOCC2)c1. The highest BCUT2D eigenvalue weighted by atomic mass is 32.2. The zero-order valence-corrected chi connectivity index (χ0v) is 16.2. The molecule has 2 saturated heterocycles. The van der Waals surface area contributed by atoms with Crippen LogP contribution >= 0.6 is 11.8 Å². The molecule has 2 fully saturated rings. The summed E-state index contributed by atoms with van der Waals surface area (Å²) in [5.41, 5.74) is 0. The minimum Gasteiger partial charge on any atom is -0.497 e. The average molecular weight is 381 g/mol. The second-order valence-electron chi connectivity index (χ2n) is 6.55. The highest BCUT2D eigenvalue weighted by Crippen LogP contribution is 2.21. The molecule has 0 unspecified atom stereocenters. The Kier molecular flexibility index (Phi) is 7.46. The molecule has 1 atom stereocenters. The number of rotatable bonds is 6. The third kappa shape index (κ3) is 5.53. The molecular weight excluding hydrogens is 352 g/mol. The van der Waals surface area contributed by atoms with E-state index in [4.69, 9.17) is 14.2 Å². The predicted molar refractivity (Wildman–Crippen MR) is 103 cm³/mol. The Morgan fingerprint density at radius 2 is 2.08 bits per heavy atom. The Bertz CT molecular complexity index is 580. The molecule has 0 N–H and O–H groups in total. The second-order valence-corrected chi connectivity index (χ2v) is 7.70. The number of ether oxygens (including phenoxy) is 3. The number of methoxy groups -OCH3 is 1. The molecular formula is C19H28N2O4S. The maximum Gasteiger partial charge on any atom is 0.260 e. The Morgan fingerprint density at radius 1 is 1.27 bits per heavy atom. The van der Waals surface area contributed by atoms with E-state index in [0.717, 1.165) is 63.1 Å². The van der Waals surface area contributed by atoms with Crippen molar-refractivity contribution in [3.05, 3.63) is 24.3 Å². The highest BCUT2D eigenvalue weighted by Gasteiger charge is 2.28. The van der Waals surface area contributed by atoms with Crippen molar-refractivity contribution in [2.45, 2.75) is 12.5 Å². The van der Waals surface area contributed by atoms with Gasteiger partial charge in [0, 0.05) is 38.0 Å². The lowest BCUT2D eigenvalue weighted by atomic mass is 10.2. The number of hydrogen-bond acceptors (Lipinski definition) is 6. The molecule has 7 heteroatoms. The number of carbonyl (C=O) groups excluding carboxylic acids is 1. The fraction of sp³-hybridized carbons (Fsp3) is 0.632. The van der Waals surface area contributed by atoms with Crippen molar-refractivity contribution < 1.29 is 19.0 Å². The number of morpholine rings is 1. The minimum atomic E-state index is 0.0635. The van der Waals surface area contributed by atoms with Crippen LogP contribution in [0.2, 0.25) is 0 Å². The number of thioether (sulfide) groups is 1. The number of benzene rings is 1. The van der Waals surface area contributed by atoms with Crippen LogP contribution in [0.4, 0.5) is 0 Å². The average Bonchev–Trinajstić information content (AvgIpc) is 2.92. The van der Waals surface area contributed by atoms with Crippen molar-refractivity contribution in [1.82, 2.24) is 9.80 Å². The Morgan fingerprint density at radius 3 is 2.88 bits per heavy atom. The van der Waals surface area contributed by atoms with Gasteiger partial charge in [0.15, 0.2) is 6.61 Å². The van der Waals surface area contributed by atoms with Crippen LogP contribution in [0.1, 0.15) is 6.42 Å². The number of amides is 1. The van der Waals surface area contributed by atoms with Crippen LogP contribution in [-0.2, 0) is 9.53 Å². The van der Waals surface area contributed by atoms with Crippen molar-refractivity contribution >= 4 is 17.7 Å². The first kappa shape index (κ1) is 19.3. The van der Waals surface area contributed by atoms with Crippen molar-refractivity contribution in [2.24, 2.45) is 0 Å². The normalized spacial score (nSPS) is 21.9. The van der Waals surface area contributed by atoms with Crippen molar-refractivity contribution in [3.8, 4) is 11.5 Å². The molecule has 6 nitrogen and oxygen atoms in total. The van der Waals surface area contributed by atoms with Gasteiger partial charge in [-0.25, -0.2) is 0 Å². The summed E-state index contributed by atoms with van der Waals surface area (Å²) in [5.74, 6) is 3.55. The summed E-state index contributed by atoms with van der Waals surface area (Å²) in [6.07, 6.45) is 1.04. The third-order valence-corrected chi connectivity index (χ3v) is 5.93. The smallest absolute Gasteiger partial charge is 0.260 e. The monoisotopic (exact) mass is 380 g/mol. The van der Waals surface area contributed by atoms with Crippen LogP contribution in [0.3, 0.4) is 0 Å². The zero-order chi connectivity index (χ0) is 18.2. The molecule has 0 aromatic heterocycles. The molecule has 0 radical (unpaired) electrons. The van der Waals surface area contributed by atoms with Gasteiger partial charge in [0.1, 0.15) is 11.5 Å². The summed E-state index contributed by atoms with van der Waals surface area (Å²) in [4.78, 5) is 17.3. The van der Waals surface area contributed by atoms with E-state index < -0.39 is 0 Å². The first-order chi connectivity index (χ1) is 12.8. The summed E-state index contributed by atoms with van der Waals surface area (Å²) in [7, 11) is 1.62. The second kappa shape index (κ2) is 10.0. The van der Waals surface area contributed by atoms with E-state index in [0.29, 0.717) is 5.75 Å². The lowest BCUT2D eigenvalue weighted by molar-refractivity contribution is -0.135. The topological polar surface area (TPSA) is 51.2 Å². The molecule has 1 aromatic carbocycles. The van der Waals surface area contributed by atoms with E-state index >= 15 is 0 Å². The fourth-order valence-electron chi connectivity index (χ4n) is 3.31. The Labute approximate surface area is 159 Å². The van der Waals surface area contributed by atoms with Crippen molar-refractivity contribution in [3.63, 3.8) is 0 Å². The van der Waals surface area contributed by atoms with E-state index in [2.05, 4.69) is 4.90 Å². The summed E-state index contributed by atoms with van der Waals surface area (Å²) in [6.45, 7) is 5.26. The van der Waals surface area contributed by atoms with Crippen molar-refractivity contribution in [1.29, 1.82) is 0 Å². The van der Waals surface area contributed by atoms with E-state index in [9.17, 15) is 4.79 Å². The van der Waals surface area contributed by atoms with Gasteiger partial charge in [0.2, 0.25) is 0 Å². The van der Waals surface area contributed by atoms with Gasteiger partial charge in [-0.3, -0.25) is 9.69 Å². The summed E-state index contributed by atoms with van der Waals surface area (Å²) in [5, 5.41) is 0. The predicted octanol–water partition coefficient (Wildman–Crippen LogP) is 1.74. The van der Waals surface area contributed by atoms with Gasteiger partial charge in [-0.15, -0.1) is 0 Å². The van der Waals surface area contributed by atoms with E-state index in [1.807, 2.05) is 34.9 Å². The Balaban J connectivity index is 1.58. The van der Waals surface area contributed by atoms with Crippen LogP contribution in [-0.4, -0.2) is 86.4 Å². The van der Waals surface area contributed by atoms with Crippen molar-refractivity contribution in [2.75, 3.05) is 64.6 Å². The highest BCUT2D eigenvalue weighted by molar-refractivity contribution is 7.99. The third-order valence-electron chi connectivity index (χ3n) is 4.74. The van der Waals surface area contributed by atoms with Gasteiger partial charge >= 0.3 is 0 Å². The minimum absolute atomic E-state index is 0.0635. The maximum atomic E-state index is 12.8. The number of nitrogens with zero attached hydrogens (tertiary/aromatic N) is 2. The lowest BCUT2D eigenvalue weighted by Crippen LogP contribution is -2.51. The van der Waals surface area contributed by atoms with Crippen LogP contribution in [0.25, 0.3) is 0 Å². The van der Waals surface area contributed by atoms with Gasteiger partial charge in [-0.05, 0) is 24.3 Å². The molecule has 0 spiro atoms. The van der Waals surface area contributed by atoms with Crippen LogP contribution in [0.5, 0.6) is 11.5 Å². The van der Waals surface area contributed by atoms with Gasteiger partial charge in [0.25, 0.3) is 5.91 Å². The van der Waals surface area contributed by atoms with Crippen LogP contribution in [0, 0.1) is 0 Å². The first-order valence-corrected chi connectivity index (χ1v) is 10.4. The van der Waals surface area contributed by atoms with E-state index in [-0.39, 0.29) is 18.6 Å². The zero-order valence-electron chi connectivity index (χ0n) is 15.4. The molecule has 1 aromatic rings. The lowest BCUT2D eigenvalue weighted by Gasteiger charge is -2.35. The molecule has 2 heterocycles. The van der Waals surface area contributed by atoms with Crippen LogP contribution in [0.15, 0.2) is 24.3 Å². The first-order valence-electron chi connectivity index (χ1n) is 9.20. The molecule has 0 saturated carbocycles. The largest absolute Gasteiger partial charge is 0.497 e. The van der Waals surface area contributed by atoms with E-state index in [1.54, 1.807) is 13.2 Å². The fourth-order valence-corrected chi connectivity index (χ4v) is 4.37.